The van der Waals surface area contributed by atoms with E-state index in [4.69, 9.17) is 0 Å². The van der Waals surface area contributed by atoms with E-state index in [2.05, 4.69) is 14.8 Å². The van der Waals surface area contributed by atoms with Gasteiger partial charge in [-0.2, -0.15) is 0 Å². The molecule has 4 heteroatoms. The average Bonchev–Trinajstić information content (AvgIpc) is 3.08. The Morgan fingerprint density at radius 2 is 2.00 bits per heavy atom. The van der Waals surface area contributed by atoms with E-state index in [-0.39, 0.29) is 5.78 Å². The third-order valence-corrected chi connectivity index (χ3v) is 4.95. The van der Waals surface area contributed by atoms with Crippen molar-refractivity contribution in [1.82, 2.24) is 14.8 Å². The van der Waals surface area contributed by atoms with E-state index >= 15 is 0 Å². The van der Waals surface area contributed by atoms with Crippen LogP contribution in [0.25, 0.3) is 0 Å². The van der Waals surface area contributed by atoms with Crippen LogP contribution in [0.15, 0.2) is 6.07 Å². The highest BCUT2D eigenvalue weighted by Gasteiger charge is 2.28. The molecule has 1 aromatic rings. The predicted octanol–water partition coefficient (Wildman–Crippen LogP) is 2.37. The monoisotopic (exact) mass is 289 g/mol. The summed E-state index contributed by atoms with van der Waals surface area (Å²) in [5.74, 6) is 0.263. The zero-order valence-corrected chi connectivity index (χ0v) is 13.3. The van der Waals surface area contributed by atoms with Crippen LogP contribution in [0.5, 0.6) is 0 Å². The summed E-state index contributed by atoms with van der Waals surface area (Å²) in [5, 5.41) is 0. The van der Waals surface area contributed by atoms with Gasteiger partial charge in [0, 0.05) is 29.5 Å². The number of nitrogens with one attached hydrogen (secondary N) is 1. The molecule has 0 radical (unpaired) electrons. The second kappa shape index (κ2) is 6.32. The van der Waals surface area contributed by atoms with Gasteiger partial charge in [0.2, 0.25) is 0 Å². The molecule has 116 valence electrons. The summed E-state index contributed by atoms with van der Waals surface area (Å²) in [6.45, 7) is 9.21. The normalized spacial score (nSPS) is 24.6. The van der Waals surface area contributed by atoms with E-state index < -0.39 is 0 Å². The number of carbonyl (C=O) groups is 1. The molecule has 1 atom stereocenters. The van der Waals surface area contributed by atoms with Crippen LogP contribution in [0.2, 0.25) is 0 Å². The van der Waals surface area contributed by atoms with Crippen LogP contribution in [0.4, 0.5) is 0 Å². The molecule has 0 bridgehead atoms. The lowest BCUT2D eigenvalue weighted by Crippen LogP contribution is -2.48. The van der Waals surface area contributed by atoms with Crippen molar-refractivity contribution in [3.63, 3.8) is 0 Å². The fraction of sp³-hybridized carbons (Fsp3) is 0.706. The molecule has 0 saturated carbocycles. The Bertz CT molecular complexity index is 502. The van der Waals surface area contributed by atoms with Gasteiger partial charge in [0.25, 0.3) is 0 Å². The maximum absolute atomic E-state index is 12.5. The number of carbonyl (C=O) groups excluding carboxylic acids is 1. The van der Waals surface area contributed by atoms with E-state index in [0.29, 0.717) is 12.6 Å². The van der Waals surface area contributed by atoms with E-state index in [1.54, 1.807) is 0 Å². The van der Waals surface area contributed by atoms with Crippen molar-refractivity contribution in [2.24, 2.45) is 0 Å². The Balaban J connectivity index is 1.59. The van der Waals surface area contributed by atoms with Crippen molar-refractivity contribution >= 4 is 5.78 Å². The van der Waals surface area contributed by atoms with Crippen LogP contribution in [-0.4, -0.2) is 59.3 Å². The lowest BCUT2D eigenvalue weighted by Gasteiger charge is -2.37. The summed E-state index contributed by atoms with van der Waals surface area (Å²) in [7, 11) is 0. The highest BCUT2D eigenvalue weighted by Crippen LogP contribution is 2.21. The minimum Gasteiger partial charge on any atom is -0.362 e. The third-order valence-electron chi connectivity index (χ3n) is 4.95. The Labute approximate surface area is 127 Å². The van der Waals surface area contributed by atoms with Gasteiger partial charge in [-0.3, -0.25) is 14.6 Å². The number of nitrogens with zero attached hydrogens (tertiary/aromatic N) is 2. The van der Waals surface area contributed by atoms with Crippen molar-refractivity contribution in [1.29, 1.82) is 0 Å². The van der Waals surface area contributed by atoms with Gasteiger partial charge >= 0.3 is 0 Å². The molecule has 2 saturated heterocycles. The minimum absolute atomic E-state index is 0.263. The second-order valence-electron chi connectivity index (χ2n) is 6.69. The number of piperidine rings is 1. The number of aryl methyl sites for hydroxylation is 2. The van der Waals surface area contributed by atoms with Gasteiger partial charge in [-0.1, -0.05) is 0 Å². The zero-order valence-electron chi connectivity index (χ0n) is 13.3. The first-order valence-electron chi connectivity index (χ1n) is 8.29. The van der Waals surface area contributed by atoms with Crippen molar-refractivity contribution in [2.45, 2.75) is 45.6 Å². The van der Waals surface area contributed by atoms with E-state index in [1.807, 2.05) is 19.9 Å². The first kappa shape index (κ1) is 14.8. The maximum Gasteiger partial charge on any atom is 0.178 e. The lowest BCUT2D eigenvalue weighted by atomic mass is 10.0. The molecule has 2 aliphatic rings. The Morgan fingerprint density at radius 3 is 2.67 bits per heavy atom. The fourth-order valence-corrected chi connectivity index (χ4v) is 3.88. The summed E-state index contributed by atoms with van der Waals surface area (Å²) < 4.78 is 0. The SMILES string of the molecule is Cc1cc(C(=O)CN2CCC[C@H](N3CCCC3)C2)c(C)[nH]1. The molecule has 1 aromatic heterocycles. The molecule has 21 heavy (non-hydrogen) atoms. The van der Waals surface area contributed by atoms with Gasteiger partial charge in [0.15, 0.2) is 5.78 Å². The Hall–Kier alpha value is -1.13. The highest BCUT2D eigenvalue weighted by atomic mass is 16.1. The van der Waals surface area contributed by atoms with Gasteiger partial charge in [0.05, 0.1) is 6.54 Å². The molecule has 0 aliphatic carbocycles. The highest BCUT2D eigenvalue weighted by molar-refractivity contribution is 5.98. The van der Waals surface area contributed by atoms with Gasteiger partial charge < -0.3 is 4.98 Å². The van der Waals surface area contributed by atoms with Crippen LogP contribution in [0.3, 0.4) is 0 Å². The maximum atomic E-state index is 12.5. The standard InChI is InChI=1S/C17H27N3O/c1-13-10-16(14(2)18-13)17(21)12-19-7-5-6-15(11-19)20-8-3-4-9-20/h10,15,18H,3-9,11-12H2,1-2H3/t15-/m0/s1. The van der Waals surface area contributed by atoms with Crippen molar-refractivity contribution in [2.75, 3.05) is 32.7 Å². The molecular formula is C17H27N3O. The fourth-order valence-electron chi connectivity index (χ4n) is 3.88. The summed E-state index contributed by atoms with van der Waals surface area (Å²) in [6.07, 6.45) is 5.21. The van der Waals surface area contributed by atoms with Crippen LogP contribution < -0.4 is 0 Å². The van der Waals surface area contributed by atoms with Gasteiger partial charge in [0.1, 0.15) is 0 Å². The molecule has 0 unspecified atom stereocenters. The molecule has 0 amide bonds. The predicted molar refractivity (Wildman–Crippen MR) is 84.9 cm³/mol. The van der Waals surface area contributed by atoms with Crippen molar-refractivity contribution in [3.05, 3.63) is 23.0 Å². The number of ketones is 1. The smallest absolute Gasteiger partial charge is 0.178 e. The molecule has 3 heterocycles. The van der Waals surface area contributed by atoms with E-state index in [0.717, 1.165) is 30.0 Å². The number of hydrogen-bond acceptors (Lipinski definition) is 3. The number of aromatic amines is 1. The molecular weight excluding hydrogens is 262 g/mol. The first-order valence-corrected chi connectivity index (χ1v) is 8.29. The lowest BCUT2D eigenvalue weighted by molar-refractivity contribution is 0.0822. The van der Waals surface area contributed by atoms with Crippen LogP contribution >= 0.6 is 0 Å². The summed E-state index contributed by atoms with van der Waals surface area (Å²) in [4.78, 5) is 20.7. The molecule has 0 spiro atoms. The second-order valence-corrected chi connectivity index (χ2v) is 6.69. The largest absolute Gasteiger partial charge is 0.362 e. The molecule has 2 aliphatic heterocycles. The number of Topliss-reactive ketones (excluding diaryl/α,β-unsaturated/α-hetero) is 1. The van der Waals surface area contributed by atoms with Crippen LogP contribution in [0, 0.1) is 13.8 Å². The molecule has 1 N–H and O–H groups in total. The first-order chi connectivity index (χ1) is 10.1. The summed E-state index contributed by atoms with van der Waals surface area (Å²) in [5.41, 5.74) is 2.95. The van der Waals surface area contributed by atoms with E-state index in [1.165, 1.54) is 38.8 Å². The minimum atomic E-state index is 0.263. The van der Waals surface area contributed by atoms with Crippen LogP contribution in [0.1, 0.15) is 47.4 Å². The van der Waals surface area contributed by atoms with Crippen molar-refractivity contribution in [3.8, 4) is 0 Å². The van der Waals surface area contributed by atoms with Gasteiger partial charge in [-0.15, -0.1) is 0 Å². The number of H-pyrrole nitrogens is 1. The van der Waals surface area contributed by atoms with Gasteiger partial charge in [-0.05, 0) is 65.2 Å². The summed E-state index contributed by atoms with van der Waals surface area (Å²) in [6, 6.07) is 2.66. The summed E-state index contributed by atoms with van der Waals surface area (Å²) >= 11 is 0. The zero-order chi connectivity index (χ0) is 14.8. The third kappa shape index (κ3) is 3.38. The molecule has 0 aromatic carbocycles. The van der Waals surface area contributed by atoms with Crippen LogP contribution in [-0.2, 0) is 0 Å². The quantitative estimate of drug-likeness (QED) is 0.865. The molecule has 4 nitrogen and oxygen atoms in total. The molecule has 2 fully saturated rings. The van der Waals surface area contributed by atoms with Gasteiger partial charge in [-0.25, -0.2) is 0 Å². The van der Waals surface area contributed by atoms with E-state index in [9.17, 15) is 4.79 Å². The Kier molecular flexibility index (Phi) is 4.45. The number of rotatable bonds is 4. The number of hydrogen-bond donors (Lipinski definition) is 1. The molecule has 3 rings (SSSR count). The van der Waals surface area contributed by atoms with Crippen molar-refractivity contribution < 1.29 is 4.79 Å². The average molecular weight is 289 g/mol. The number of likely N-dealkylation sites (tertiary alicyclic amines) is 2. The number of aromatic nitrogens is 1. The Morgan fingerprint density at radius 1 is 1.24 bits per heavy atom. The topological polar surface area (TPSA) is 39.3 Å².